The first-order chi connectivity index (χ1) is 7.70. The molecule has 0 saturated heterocycles. The quantitative estimate of drug-likeness (QED) is 0.805. The Bertz CT molecular complexity index is 413. The first-order valence-electron chi connectivity index (χ1n) is 5.66. The van der Waals surface area contributed by atoms with E-state index in [1.165, 1.54) is 5.56 Å². The van der Waals surface area contributed by atoms with E-state index in [1.807, 2.05) is 19.1 Å². The van der Waals surface area contributed by atoms with E-state index in [2.05, 4.69) is 0 Å². The predicted molar refractivity (Wildman–Crippen MR) is 64.3 cm³/mol. The fraction of sp³-hybridized carbons (Fsp3) is 0.462. The highest BCUT2D eigenvalue weighted by Gasteiger charge is 2.17. The van der Waals surface area contributed by atoms with Crippen LogP contribution in [0.15, 0.2) is 12.1 Å². The van der Waals surface area contributed by atoms with Crippen LogP contribution in [0.2, 0.25) is 5.02 Å². The van der Waals surface area contributed by atoms with Gasteiger partial charge in [0.15, 0.2) is 0 Å². The Balaban J connectivity index is 2.17. The molecule has 1 aliphatic rings. The minimum absolute atomic E-state index is 0.284. The van der Waals surface area contributed by atoms with Crippen molar-refractivity contribution in [1.29, 1.82) is 0 Å². The summed E-state index contributed by atoms with van der Waals surface area (Å²) in [7, 11) is 0. The molecule has 0 atom stereocenters. The van der Waals surface area contributed by atoms with Crippen LogP contribution in [-0.4, -0.2) is 12.4 Å². The third kappa shape index (κ3) is 2.38. The Hall–Kier alpha value is -1.02. The zero-order chi connectivity index (χ0) is 11.5. The normalized spacial score (nSPS) is 13.4. The van der Waals surface area contributed by atoms with Gasteiger partial charge in [0.05, 0.1) is 6.61 Å². The SMILES string of the molecule is CCC(=O)CCc1cc(Cl)cc2c1OCC2. The molecule has 1 heterocycles. The number of rotatable bonds is 4. The molecule has 2 rings (SSSR count). The zero-order valence-electron chi connectivity index (χ0n) is 9.38. The van der Waals surface area contributed by atoms with Crippen molar-refractivity contribution in [2.75, 3.05) is 6.61 Å². The summed E-state index contributed by atoms with van der Waals surface area (Å²) in [5.74, 6) is 1.24. The average molecular weight is 239 g/mol. The molecular weight excluding hydrogens is 224 g/mol. The van der Waals surface area contributed by atoms with E-state index < -0.39 is 0 Å². The lowest BCUT2D eigenvalue weighted by molar-refractivity contribution is -0.118. The fourth-order valence-corrected chi connectivity index (χ4v) is 2.25. The molecule has 0 saturated carbocycles. The highest BCUT2D eigenvalue weighted by atomic mass is 35.5. The van der Waals surface area contributed by atoms with Crippen LogP contribution in [0.1, 0.15) is 30.9 Å². The molecule has 0 N–H and O–H groups in total. The fourth-order valence-electron chi connectivity index (χ4n) is 1.98. The van der Waals surface area contributed by atoms with E-state index >= 15 is 0 Å². The number of carbonyl (C=O) groups is 1. The minimum atomic E-state index is 0.284. The Labute approximate surface area is 101 Å². The Morgan fingerprint density at radius 3 is 3.06 bits per heavy atom. The molecule has 0 bridgehead atoms. The van der Waals surface area contributed by atoms with Gasteiger partial charge in [-0.15, -0.1) is 0 Å². The standard InChI is InChI=1S/C13H15ClO2/c1-2-12(15)4-3-9-7-11(14)8-10-5-6-16-13(9)10/h7-8H,2-6H2,1H3. The third-order valence-corrected chi connectivity index (χ3v) is 3.11. The second kappa shape index (κ2) is 4.88. The second-order valence-corrected chi connectivity index (χ2v) is 4.48. The van der Waals surface area contributed by atoms with Crippen molar-refractivity contribution in [3.63, 3.8) is 0 Å². The summed E-state index contributed by atoms with van der Waals surface area (Å²) in [6, 6.07) is 3.86. The van der Waals surface area contributed by atoms with E-state index in [1.54, 1.807) is 0 Å². The number of hydrogen-bond acceptors (Lipinski definition) is 2. The number of benzene rings is 1. The summed E-state index contributed by atoms with van der Waals surface area (Å²) >= 11 is 6.04. The minimum Gasteiger partial charge on any atom is -0.493 e. The summed E-state index contributed by atoms with van der Waals surface area (Å²) < 4.78 is 5.58. The van der Waals surface area contributed by atoms with Crippen molar-refractivity contribution in [1.82, 2.24) is 0 Å². The summed E-state index contributed by atoms with van der Waals surface area (Å²) in [5.41, 5.74) is 2.24. The van der Waals surface area contributed by atoms with Gasteiger partial charge in [-0.2, -0.15) is 0 Å². The van der Waals surface area contributed by atoms with Crippen molar-refractivity contribution in [2.24, 2.45) is 0 Å². The van der Waals surface area contributed by atoms with Gasteiger partial charge in [-0.3, -0.25) is 4.79 Å². The molecule has 1 aromatic carbocycles. The summed E-state index contributed by atoms with van der Waals surface area (Å²) in [6.07, 6.45) is 2.83. The second-order valence-electron chi connectivity index (χ2n) is 4.04. The molecule has 0 aliphatic carbocycles. The first kappa shape index (κ1) is 11.5. The molecule has 3 heteroatoms. The first-order valence-corrected chi connectivity index (χ1v) is 6.04. The van der Waals surface area contributed by atoms with Crippen molar-refractivity contribution in [2.45, 2.75) is 32.6 Å². The van der Waals surface area contributed by atoms with Gasteiger partial charge in [-0.25, -0.2) is 0 Å². The number of carbonyl (C=O) groups excluding carboxylic acids is 1. The molecule has 0 radical (unpaired) electrons. The Morgan fingerprint density at radius 2 is 2.31 bits per heavy atom. The molecule has 16 heavy (non-hydrogen) atoms. The summed E-state index contributed by atoms with van der Waals surface area (Å²) in [4.78, 5) is 11.3. The molecule has 0 fully saturated rings. The number of ketones is 1. The summed E-state index contributed by atoms with van der Waals surface area (Å²) in [6.45, 7) is 2.62. The molecule has 1 aromatic rings. The molecule has 2 nitrogen and oxygen atoms in total. The molecule has 0 amide bonds. The topological polar surface area (TPSA) is 26.3 Å². The van der Waals surface area contributed by atoms with Gasteiger partial charge in [-0.1, -0.05) is 18.5 Å². The Kier molecular flexibility index (Phi) is 3.49. The Morgan fingerprint density at radius 1 is 1.50 bits per heavy atom. The van der Waals surface area contributed by atoms with Gasteiger partial charge in [0.2, 0.25) is 0 Å². The maximum absolute atomic E-state index is 11.3. The smallest absolute Gasteiger partial charge is 0.132 e. The van der Waals surface area contributed by atoms with E-state index in [-0.39, 0.29) is 5.78 Å². The maximum Gasteiger partial charge on any atom is 0.132 e. The third-order valence-electron chi connectivity index (χ3n) is 2.89. The lowest BCUT2D eigenvalue weighted by Crippen LogP contribution is -1.99. The van der Waals surface area contributed by atoms with Crippen LogP contribution in [0.25, 0.3) is 0 Å². The largest absolute Gasteiger partial charge is 0.493 e. The number of hydrogen-bond donors (Lipinski definition) is 0. The molecule has 86 valence electrons. The highest BCUT2D eigenvalue weighted by molar-refractivity contribution is 6.30. The number of fused-ring (bicyclic) bond motifs is 1. The van der Waals surface area contributed by atoms with Gasteiger partial charge >= 0.3 is 0 Å². The maximum atomic E-state index is 11.3. The van der Waals surface area contributed by atoms with E-state index in [4.69, 9.17) is 16.3 Å². The van der Waals surface area contributed by atoms with Gasteiger partial charge in [0.1, 0.15) is 11.5 Å². The van der Waals surface area contributed by atoms with Crippen LogP contribution in [0.3, 0.4) is 0 Å². The van der Waals surface area contributed by atoms with Crippen molar-refractivity contribution < 1.29 is 9.53 Å². The number of ether oxygens (including phenoxy) is 1. The average Bonchev–Trinajstić information content (AvgIpc) is 2.73. The van der Waals surface area contributed by atoms with Gasteiger partial charge in [0.25, 0.3) is 0 Å². The van der Waals surface area contributed by atoms with Gasteiger partial charge in [0, 0.05) is 24.3 Å². The van der Waals surface area contributed by atoms with Crippen LogP contribution in [0.5, 0.6) is 5.75 Å². The lowest BCUT2D eigenvalue weighted by atomic mass is 10.0. The van der Waals surface area contributed by atoms with E-state index in [0.29, 0.717) is 12.8 Å². The molecular formula is C13H15ClO2. The molecule has 0 spiro atoms. The predicted octanol–water partition coefficient (Wildman–Crippen LogP) is 3.19. The lowest BCUT2D eigenvalue weighted by Gasteiger charge is -2.08. The van der Waals surface area contributed by atoms with Crippen LogP contribution in [0, 0.1) is 0 Å². The van der Waals surface area contributed by atoms with E-state index in [0.717, 1.165) is 35.8 Å². The number of aryl methyl sites for hydroxylation is 1. The van der Waals surface area contributed by atoms with Crippen molar-refractivity contribution in [3.05, 3.63) is 28.3 Å². The van der Waals surface area contributed by atoms with E-state index in [9.17, 15) is 4.79 Å². The van der Waals surface area contributed by atoms with Crippen LogP contribution < -0.4 is 4.74 Å². The molecule has 1 aliphatic heterocycles. The van der Waals surface area contributed by atoms with Crippen molar-refractivity contribution >= 4 is 17.4 Å². The highest BCUT2D eigenvalue weighted by Crippen LogP contribution is 2.33. The van der Waals surface area contributed by atoms with Crippen LogP contribution in [0.4, 0.5) is 0 Å². The van der Waals surface area contributed by atoms with Crippen LogP contribution in [-0.2, 0) is 17.6 Å². The molecule has 0 unspecified atom stereocenters. The van der Waals surface area contributed by atoms with Gasteiger partial charge < -0.3 is 4.74 Å². The molecule has 0 aromatic heterocycles. The number of halogens is 1. The monoisotopic (exact) mass is 238 g/mol. The van der Waals surface area contributed by atoms with Gasteiger partial charge in [-0.05, 0) is 29.7 Å². The summed E-state index contributed by atoms with van der Waals surface area (Å²) in [5, 5.41) is 0.739. The number of Topliss-reactive ketones (excluding diaryl/α,β-unsaturated/α-hetero) is 1. The van der Waals surface area contributed by atoms with Crippen molar-refractivity contribution in [3.8, 4) is 5.75 Å². The zero-order valence-corrected chi connectivity index (χ0v) is 10.1. The van der Waals surface area contributed by atoms with Crippen LogP contribution >= 0.6 is 11.6 Å².